The average Bonchev–Trinajstić information content (AvgIpc) is 2.70. The summed E-state index contributed by atoms with van der Waals surface area (Å²) in [5, 5.41) is 5.46. The highest BCUT2D eigenvalue weighted by Gasteiger charge is 2.35. The van der Waals surface area contributed by atoms with Gasteiger partial charge in [-0.3, -0.25) is 9.59 Å². The normalized spacial score (nSPS) is 15.8. The molecule has 1 fully saturated rings. The van der Waals surface area contributed by atoms with E-state index in [0.29, 0.717) is 18.0 Å². The first-order valence-electron chi connectivity index (χ1n) is 9.00. The Labute approximate surface area is 154 Å². The van der Waals surface area contributed by atoms with Gasteiger partial charge in [-0.25, -0.2) is 0 Å². The van der Waals surface area contributed by atoms with Gasteiger partial charge >= 0.3 is 0 Å². The Bertz CT molecular complexity index is 627. The van der Waals surface area contributed by atoms with E-state index in [1.54, 1.807) is 14.2 Å². The summed E-state index contributed by atoms with van der Waals surface area (Å²) in [5.41, 5.74) is 6.24. The fraction of sp³-hybridized carbons (Fsp3) is 0.579. The maximum atomic E-state index is 12.1. The molecule has 26 heavy (non-hydrogen) atoms. The predicted octanol–water partition coefficient (Wildman–Crippen LogP) is 1.10. The van der Waals surface area contributed by atoms with Crippen molar-refractivity contribution in [3.8, 4) is 11.5 Å². The minimum absolute atomic E-state index is 0.0575. The van der Waals surface area contributed by atoms with Crippen molar-refractivity contribution in [2.45, 2.75) is 37.5 Å². The molecule has 0 unspecified atom stereocenters. The van der Waals surface area contributed by atoms with E-state index in [9.17, 15) is 9.59 Å². The second kappa shape index (κ2) is 9.43. The summed E-state index contributed by atoms with van der Waals surface area (Å²) in [4.78, 5) is 23.3. The zero-order valence-electron chi connectivity index (χ0n) is 15.6. The summed E-state index contributed by atoms with van der Waals surface area (Å²) in [6.07, 6.45) is 5.44. The van der Waals surface area contributed by atoms with Crippen molar-refractivity contribution < 1.29 is 19.1 Å². The van der Waals surface area contributed by atoms with Crippen molar-refractivity contribution in [1.29, 1.82) is 0 Å². The van der Waals surface area contributed by atoms with E-state index < -0.39 is 0 Å². The molecular weight excluding hydrogens is 334 g/mol. The van der Waals surface area contributed by atoms with Crippen LogP contribution >= 0.6 is 0 Å². The molecule has 0 aromatic heterocycles. The first-order valence-corrected chi connectivity index (χ1v) is 9.00. The lowest BCUT2D eigenvalue weighted by Crippen LogP contribution is -2.46. The molecule has 2 rings (SSSR count). The first kappa shape index (κ1) is 20.0. The maximum absolute atomic E-state index is 12.1. The Morgan fingerprint density at radius 2 is 1.73 bits per heavy atom. The number of hydrogen-bond donors (Lipinski definition) is 3. The number of ether oxygens (including phenoxy) is 2. The summed E-state index contributed by atoms with van der Waals surface area (Å²) in [5.74, 6) is 0.830. The van der Waals surface area contributed by atoms with E-state index in [0.717, 1.165) is 31.2 Å². The van der Waals surface area contributed by atoms with E-state index in [1.807, 2.05) is 12.1 Å². The minimum Gasteiger partial charge on any atom is -0.493 e. The summed E-state index contributed by atoms with van der Waals surface area (Å²) >= 11 is 0. The van der Waals surface area contributed by atoms with Gasteiger partial charge in [0.2, 0.25) is 11.8 Å². The van der Waals surface area contributed by atoms with Crippen LogP contribution in [0.1, 0.15) is 37.7 Å². The molecule has 7 heteroatoms. The Kier molecular flexibility index (Phi) is 7.26. The molecular formula is C19H29N3O4. The number of methoxy groups -OCH3 is 2. The van der Waals surface area contributed by atoms with Crippen LogP contribution in [0.25, 0.3) is 0 Å². The van der Waals surface area contributed by atoms with Crippen molar-refractivity contribution in [3.63, 3.8) is 0 Å². The zero-order valence-corrected chi connectivity index (χ0v) is 15.6. The lowest BCUT2D eigenvalue weighted by Gasteiger charge is -2.38. The minimum atomic E-state index is -0.340. The quantitative estimate of drug-likeness (QED) is 0.642. The molecule has 0 aliphatic heterocycles. The van der Waals surface area contributed by atoms with Gasteiger partial charge in [-0.15, -0.1) is 0 Å². The van der Waals surface area contributed by atoms with Crippen LogP contribution in [0.3, 0.4) is 0 Å². The highest BCUT2D eigenvalue weighted by Crippen LogP contribution is 2.42. The number of carbonyl (C=O) groups is 2. The van der Waals surface area contributed by atoms with Crippen LogP contribution in [0.15, 0.2) is 18.2 Å². The van der Waals surface area contributed by atoms with E-state index in [-0.39, 0.29) is 30.3 Å². The van der Waals surface area contributed by atoms with Gasteiger partial charge in [0.15, 0.2) is 11.5 Å². The Morgan fingerprint density at radius 3 is 2.35 bits per heavy atom. The van der Waals surface area contributed by atoms with Gasteiger partial charge in [-0.05, 0) is 30.5 Å². The summed E-state index contributed by atoms with van der Waals surface area (Å²) in [7, 11) is 3.24. The van der Waals surface area contributed by atoms with Crippen LogP contribution in [-0.4, -0.2) is 45.7 Å². The highest BCUT2D eigenvalue weighted by atomic mass is 16.5. The maximum Gasteiger partial charge on any atom is 0.239 e. The third kappa shape index (κ3) is 4.88. The standard InChI is InChI=1S/C19H29N3O4/c1-25-15-7-6-14(10-16(15)26-2)19(8-4-3-5-9-19)13-22-18(24)12-21-17(23)11-20/h6-7,10H,3-5,8-9,11-13,20H2,1-2H3,(H,21,23)(H,22,24). The topological polar surface area (TPSA) is 103 Å². The summed E-state index contributed by atoms with van der Waals surface area (Å²) < 4.78 is 10.8. The van der Waals surface area contributed by atoms with Gasteiger partial charge in [-0.1, -0.05) is 25.3 Å². The molecule has 2 amide bonds. The number of carbonyl (C=O) groups excluding carboxylic acids is 2. The molecule has 0 heterocycles. The van der Waals surface area contributed by atoms with Crippen molar-refractivity contribution in [2.24, 2.45) is 5.73 Å². The molecule has 1 aromatic carbocycles. The molecule has 0 radical (unpaired) electrons. The lowest BCUT2D eigenvalue weighted by molar-refractivity contribution is -0.125. The van der Waals surface area contributed by atoms with E-state index in [4.69, 9.17) is 15.2 Å². The monoisotopic (exact) mass is 363 g/mol. The van der Waals surface area contributed by atoms with Crippen LogP contribution < -0.4 is 25.8 Å². The van der Waals surface area contributed by atoms with Crippen molar-refractivity contribution in [2.75, 3.05) is 33.9 Å². The van der Waals surface area contributed by atoms with Gasteiger partial charge in [0.1, 0.15) is 0 Å². The fourth-order valence-corrected chi connectivity index (χ4v) is 3.54. The van der Waals surface area contributed by atoms with Crippen LogP contribution in [-0.2, 0) is 15.0 Å². The third-order valence-electron chi connectivity index (χ3n) is 5.06. The third-order valence-corrected chi connectivity index (χ3v) is 5.06. The van der Waals surface area contributed by atoms with Gasteiger partial charge in [0.25, 0.3) is 0 Å². The van der Waals surface area contributed by atoms with E-state index in [1.165, 1.54) is 6.42 Å². The summed E-state index contributed by atoms with van der Waals surface area (Å²) in [6.45, 7) is 0.348. The van der Waals surface area contributed by atoms with Crippen LogP contribution in [0.4, 0.5) is 0 Å². The number of nitrogens with two attached hydrogens (primary N) is 1. The van der Waals surface area contributed by atoms with E-state index in [2.05, 4.69) is 16.7 Å². The second-order valence-electron chi connectivity index (χ2n) is 6.67. The molecule has 0 spiro atoms. The molecule has 7 nitrogen and oxygen atoms in total. The summed E-state index contributed by atoms with van der Waals surface area (Å²) in [6, 6.07) is 5.97. The van der Waals surface area contributed by atoms with Crippen LogP contribution in [0, 0.1) is 0 Å². The molecule has 1 aliphatic rings. The largest absolute Gasteiger partial charge is 0.493 e. The lowest BCUT2D eigenvalue weighted by atomic mass is 9.69. The molecule has 0 saturated heterocycles. The second-order valence-corrected chi connectivity index (χ2v) is 6.67. The number of benzene rings is 1. The molecule has 1 aromatic rings. The Balaban J connectivity index is 2.13. The van der Waals surface area contributed by atoms with Crippen LogP contribution in [0.2, 0.25) is 0 Å². The molecule has 4 N–H and O–H groups in total. The number of nitrogens with one attached hydrogen (secondary N) is 2. The SMILES string of the molecule is COc1ccc(C2(CNC(=O)CNC(=O)CN)CCCCC2)cc1OC. The van der Waals surface area contributed by atoms with Gasteiger partial charge in [0, 0.05) is 12.0 Å². The van der Waals surface area contributed by atoms with Crippen LogP contribution in [0.5, 0.6) is 11.5 Å². The zero-order chi connectivity index (χ0) is 19.0. The molecule has 0 atom stereocenters. The average molecular weight is 363 g/mol. The molecule has 1 saturated carbocycles. The molecule has 144 valence electrons. The number of amides is 2. The Hall–Kier alpha value is -2.28. The van der Waals surface area contributed by atoms with Crippen molar-refractivity contribution >= 4 is 11.8 Å². The highest BCUT2D eigenvalue weighted by molar-refractivity contribution is 5.85. The fourth-order valence-electron chi connectivity index (χ4n) is 3.54. The molecule has 1 aliphatic carbocycles. The van der Waals surface area contributed by atoms with Gasteiger partial charge < -0.3 is 25.8 Å². The van der Waals surface area contributed by atoms with Crippen molar-refractivity contribution in [1.82, 2.24) is 10.6 Å². The van der Waals surface area contributed by atoms with E-state index >= 15 is 0 Å². The number of hydrogen-bond acceptors (Lipinski definition) is 5. The smallest absolute Gasteiger partial charge is 0.239 e. The molecule has 0 bridgehead atoms. The van der Waals surface area contributed by atoms with Gasteiger partial charge in [0.05, 0.1) is 27.3 Å². The Morgan fingerprint density at radius 1 is 1.04 bits per heavy atom. The van der Waals surface area contributed by atoms with Crippen molar-refractivity contribution in [3.05, 3.63) is 23.8 Å². The number of rotatable bonds is 8. The van der Waals surface area contributed by atoms with Gasteiger partial charge in [-0.2, -0.15) is 0 Å². The predicted molar refractivity (Wildman–Crippen MR) is 99.4 cm³/mol. The first-order chi connectivity index (χ1) is 12.5.